The molecule has 0 aliphatic carbocycles. The summed E-state index contributed by atoms with van der Waals surface area (Å²) < 4.78 is 12.5. The minimum atomic E-state index is -0.184. The molecule has 0 atom stereocenters. The molecule has 28 heavy (non-hydrogen) atoms. The Morgan fingerprint density at radius 1 is 1.18 bits per heavy atom. The Bertz CT molecular complexity index is 1020. The van der Waals surface area contributed by atoms with E-state index in [0.29, 0.717) is 30.2 Å². The Morgan fingerprint density at radius 3 is 2.64 bits per heavy atom. The molecular weight excluding hydrogens is 376 g/mol. The Morgan fingerprint density at radius 2 is 1.93 bits per heavy atom. The van der Waals surface area contributed by atoms with Gasteiger partial charge in [-0.1, -0.05) is 30.0 Å². The third-order valence-electron chi connectivity index (χ3n) is 4.26. The smallest absolute Gasteiger partial charge is 0.251 e. The van der Waals surface area contributed by atoms with Crippen LogP contribution >= 0.6 is 11.8 Å². The standard InChI is InChI=1S/C20H22N4O3S/c1-26-16-8-7-13(11-17(16)27-2)19(25)23-9-10-24-12-18(28-20(21)22)14-5-3-4-6-15(14)24/h3-8,11-12H,9-10H2,1-2H3,(H3,21,22)(H,23,25). The molecule has 0 aliphatic heterocycles. The maximum Gasteiger partial charge on any atom is 0.251 e. The second-order valence-corrected chi connectivity index (χ2v) is 7.08. The van der Waals surface area contributed by atoms with Gasteiger partial charge in [-0.15, -0.1) is 0 Å². The molecule has 0 aliphatic rings. The van der Waals surface area contributed by atoms with Crippen LogP contribution in [0.3, 0.4) is 0 Å². The van der Waals surface area contributed by atoms with Crippen LogP contribution in [-0.2, 0) is 6.54 Å². The van der Waals surface area contributed by atoms with Gasteiger partial charge in [0.1, 0.15) is 0 Å². The van der Waals surface area contributed by atoms with Gasteiger partial charge in [-0.2, -0.15) is 0 Å². The van der Waals surface area contributed by atoms with Crippen molar-refractivity contribution in [2.24, 2.45) is 5.73 Å². The number of ether oxygens (including phenoxy) is 2. The molecular formula is C20H22N4O3S. The van der Waals surface area contributed by atoms with Crippen LogP contribution in [0.5, 0.6) is 11.5 Å². The van der Waals surface area contributed by atoms with Crippen LogP contribution in [0.15, 0.2) is 53.6 Å². The zero-order valence-electron chi connectivity index (χ0n) is 15.7. The molecule has 0 saturated heterocycles. The maximum absolute atomic E-state index is 12.5. The van der Waals surface area contributed by atoms with E-state index >= 15 is 0 Å². The summed E-state index contributed by atoms with van der Waals surface area (Å²) in [7, 11) is 3.09. The molecule has 3 rings (SSSR count). The molecule has 0 bridgehead atoms. The number of aromatic nitrogens is 1. The number of rotatable bonds is 7. The number of nitrogens with two attached hydrogens (primary N) is 1. The Kier molecular flexibility index (Phi) is 6.10. The van der Waals surface area contributed by atoms with Gasteiger partial charge >= 0.3 is 0 Å². The zero-order chi connectivity index (χ0) is 20.1. The number of carbonyl (C=O) groups is 1. The largest absolute Gasteiger partial charge is 0.493 e. The molecule has 0 fully saturated rings. The maximum atomic E-state index is 12.5. The number of methoxy groups -OCH3 is 2. The second-order valence-electron chi connectivity index (χ2n) is 6.00. The quantitative estimate of drug-likeness (QED) is 0.322. The van der Waals surface area contributed by atoms with Crippen LogP contribution in [0, 0.1) is 5.41 Å². The highest BCUT2D eigenvalue weighted by Crippen LogP contribution is 2.30. The number of hydrogen-bond acceptors (Lipinski definition) is 5. The number of amidine groups is 1. The van der Waals surface area contributed by atoms with Crippen molar-refractivity contribution in [3.8, 4) is 11.5 Å². The van der Waals surface area contributed by atoms with Crippen LogP contribution in [0.1, 0.15) is 10.4 Å². The van der Waals surface area contributed by atoms with Crippen LogP contribution in [0.25, 0.3) is 10.9 Å². The van der Waals surface area contributed by atoms with Crippen molar-refractivity contribution < 1.29 is 14.3 Å². The van der Waals surface area contributed by atoms with Crippen molar-refractivity contribution in [1.82, 2.24) is 9.88 Å². The van der Waals surface area contributed by atoms with Gasteiger partial charge in [-0.25, -0.2) is 0 Å². The van der Waals surface area contributed by atoms with Crippen LogP contribution in [-0.4, -0.2) is 36.4 Å². The van der Waals surface area contributed by atoms with E-state index in [1.165, 1.54) is 18.9 Å². The Labute approximate surface area is 167 Å². The van der Waals surface area contributed by atoms with Crippen molar-refractivity contribution >= 4 is 33.7 Å². The van der Waals surface area contributed by atoms with Gasteiger partial charge in [-0.3, -0.25) is 10.2 Å². The summed E-state index contributed by atoms with van der Waals surface area (Å²) in [6.45, 7) is 1.05. The first-order valence-electron chi connectivity index (χ1n) is 8.63. The van der Waals surface area contributed by atoms with Crippen molar-refractivity contribution in [1.29, 1.82) is 5.41 Å². The highest BCUT2D eigenvalue weighted by Gasteiger charge is 2.12. The molecule has 1 heterocycles. The van der Waals surface area contributed by atoms with Crippen molar-refractivity contribution in [3.63, 3.8) is 0 Å². The van der Waals surface area contributed by atoms with Gasteiger partial charge in [0.15, 0.2) is 16.7 Å². The molecule has 8 heteroatoms. The summed E-state index contributed by atoms with van der Waals surface area (Å²) in [6, 6.07) is 13.0. The minimum Gasteiger partial charge on any atom is -0.493 e. The average Bonchev–Trinajstić information content (AvgIpc) is 3.04. The van der Waals surface area contributed by atoms with Crippen LogP contribution in [0.4, 0.5) is 0 Å². The molecule has 0 saturated carbocycles. The summed E-state index contributed by atoms with van der Waals surface area (Å²) in [4.78, 5) is 13.4. The summed E-state index contributed by atoms with van der Waals surface area (Å²) in [6.07, 6.45) is 1.96. The summed E-state index contributed by atoms with van der Waals surface area (Å²) in [5.74, 6) is 0.904. The Balaban J connectivity index is 1.70. The highest BCUT2D eigenvalue weighted by atomic mass is 32.2. The summed E-state index contributed by atoms with van der Waals surface area (Å²) in [5.41, 5.74) is 7.07. The molecule has 1 aromatic heterocycles. The minimum absolute atomic E-state index is 0.0460. The normalized spacial score (nSPS) is 10.6. The monoisotopic (exact) mass is 398 g/mol. The van der Waals surface area contributed by atoms with Crippen LogP contribution in [0.2, 0.25) is 0 Å². The van der Waals surface area contributed by atoms with Crippen molar-refractivity contribution in [2.75, 3.05) is 20.8 Å². The third kappa shape index (κ3) is 4.23. The van der Waals surface area contributed by atoms with Gasteiger partial charge < -0.3 is 25.1 Å². The highest BCUT2D eigenvalue weighted by molar-refractivity contribution is 8.13. The number of nitrogens with one attached hydrogen (secondary N) is 2. The molecule has 2 aromatic carbocycles. The lowest BCUT2D eigenvalue weighted by Gasteiger charge is -2.10. The Hall–Kier alpha value is -3.13. The van der Waals surface area contributed by atoms with Gasteiger partial charge in [-0.05, 0) is 24.3 Å². The molecule has 0 unspecified atom stereocenters. The van der Waals surface area contributed by atoms with E-state index in [-0.39, 0.29) is 11.1 Å². The summed E-state index contributed by atoms with van der Waals surface area (Å²) in [5, 5.41) is 11.5. The number of benzene rings is 2. The predicted molar refractivity (Wildman–Crippen MR) is 112 cm³/mol. The third-order valence-corrected chi connectivity index (χ3v) is 5.02. The number of thioether (sulfide) groups is 1. The first-order valence-corrected chi connectivity index (χ1v) is 9.45. The fraction of sp³-hybridized carbons (Fsp3) is 0.200. The molecule has 7 nitrogen and oxygen atoms in total. The van der Waals surface area contributed by atoms with E-state index in [9.17, 15) is 4.79 Å². The van der Waals surface area contributed by atoms with Gasteiger partial charge in [0.25, 0.3) is 5.91 Å². The topological polar surface area (TPSA) is 102 Å². The average molecular weight is 398 g/mol. The molecule has 0 spiro atoms. The molecule has 4 N–H and O–H groups in total. The fourth-order valence-corrected chi connectivity index (χ4v) is 3.67. The molecule has 1 amide bonds. The fourth-order valence-electron chi connectivity index (χ4n) is 2.97. The number of carbonyl (C=O) groups excluding carboxylic acids is 1. The van der Waals surface area contributed by atoms with E-state index < -0.39 is 0 Å². The number of nitrogens with zero attached hydrogens (tertiary/aromatic N) is 1. The van der Waals surface area contributed by atoms with E-state index in [4.69, 9.17) is 20.6 Å². The molecule has 146 valence electrons. The van der Waals surface area contributed by atoms with Crippen molar-refractivity contribution in [2.45, 2.75) is 11.4 Å². The van der Waals surface area contributed by atoms with Gasteiger partial charge in [0.2, 0.25) is 0 Å². The summed E-state index contributed by atoms with van der Waals surface area (Å²) >= 11 is 1.22. The lowest BCUT2D eigenvalue weighted by molar-refractivity contribution is 0.0952. The van der Waals surface area contributed by atoms with E-state index in [1.807, 2.05) is 30.5 Å². The van der Waals surface area contributed by atoms with E-state index in [2.05, 4.69) is 9.88 Å². The van der Waals surface area contributed by atoms with E-state index in [1.54, 1.807) is 25.3 Å². The first-order chi connectivity index (χ1) is 13.5. The second kappa shape index (κ2) is 8.71. The number of fused-ring (bicyclic) bond motifs is 1. The molecule has 0 radical (unpaired) electrons. The van der Waals surface area contributed by atoms with E-state index in [0.717, 1.165) is 15.8 Å². The predicted octanol–water partition coefficient (Wildman–Crippen LogP) is 3.07. The lowest BCUT2D eigenvalue weighted by Crippen LogP contribution is -2.27. The van der Waals surface area contributed by atoms with Crippen LogP contribution < -0.4 is 20.5 Å². The molecule has 3 aromatic rings. The number of hydrogen-bond donors (Lipinski definition) is 3. The zero-order valence-corrected chi connectivity index (χ0v) is 16.5. The van der Waals surface area contributed by atoms with Gasteiger partial charge in [0, 0.05) is 40.6 Å². The first kappa shape index (κ1) is 19.6. The van der Waals surface area contributed by atoms with Crippen molar-refractivity contribution in [3.05, 3.63) is 54.2 Å². The number of amides is 1. The van der Waals surface area contributed by atoms with Gasteiger partial charge in [0.05, 0.1) is 14.2 Å². The lowest BCUT2D eigenvalue weighted by atomic mass is 10.2. The number of para-hydroxylation sites is 1. The SMILES string of the molecule is COc1ccc(C(=O)NCCn2cc(SC(=N)N)c3ccccc32)cc1OC.